The van der Waals surface area contributed by atoms with Crippen LogP contribution in [0, 0.1) is 0 Å². The molecule has 130 valence electrons. The summed E-state index contributed by atoms with van der Waals surface area (Å²) in [6.45, 7) is 3.94. The number of carbonyl (C=O) groups is 2. The largest absolute Gasteiger partial charge is 0.454 e. The van der Waals surface area contributed by atoms with Crippen LogP contribution < -0.4 is 14.8 Å². The first-order valence-corrected chi connectivity index (χ1v) is 8.12. The Kier molecular flexibility index (Phi) is 3.93. The molecule has 2 aromatic carbocycles. The Morgan fingerprint density at radius 3 is 2.58 bits per heavy atom. The van der Waals surface area contributed by atoms with Crippen LogP contribution in [0.4, 0.5) is 5.69 Å². The molecule has 2 heterocycles. The summed E-state index contributed by atoms with van der Waals surface area (Å²) in [4.78, 5) is 26.8. The minimum absolute atomic E-state index is 0.153. The molecule has 2 amide bonds. The number of amides is 2. The molecule has 1 N–H and O–H groups in total. The number of benzene rings is 2. The van der Waals surface area contributed by atoms with Crippen molar-refractivity contribution in [3.05, 3.63) is 72.4 Å². The summed E-state index contributed by atoms with van der Waals surface area (Å²) in [6, 6.07) is 14.4. The van der Waals surface area contributed by atoms with E-state index >= 15 is 0 Å². The fraction of sp³-hybridized carbons (Fsp3) is 0.100. The standard InChI is InChI=1S/C20H16N2O4/c1-2-10-22-19(23)17(13-6-4-3-5-7-13)18(20(22)24)21-14-8-9-15-16(11-14)26-12-25-15/h2-9,11,21H,1,10,12H2. The second-order valence-electron chi connectivity index (χ2n) is 5.82. The van der Waals surface area contributed by atoms with Crippen LogP contribution in [0.15, 0.2) is 66.9 Å². The Labute approximate surface area is 150 Å². The normalized spacial score (nSPS) is 15.6. The Balaban J connectivity index is 1.76. The van der Waals surface area contributed by atoms with Gasteiger partial charge in [0.1, 0.15) is 5.70 Å². The Morgan fingerprint density at radius 2 is 1.81 bits per heavy atom. The predicted octanol–water partition coefficient (Wildman–Crippen LogP) is 2.79. The smallest absolute Gasteiger partial charge is 0.278 e. The molecular weight excluding hydrogens is 332 g/mol. The summed E-state index contributed by atoms with van der Waals surface area (Å²) < 4.78 is 10.7. The third-order valence-corrected chi connectivity index (χ3v) is 4.18. The number of hydrogen-bond donors (Lipinski definition) is 1. The van der Waals surface area contributed by atoms with Crippen molar-refractivity contribution in [3.8, 4) is 11.5 Å². The molecule has 0 atom stereocenters. The zero-order chi connectivity index (χ0) is 18.1. The topological polar surface area (TPSA) is 67.9 Å². The lowest BCUT2D eigenvalue weighted by atomic mass is 10.0. The highest BCUT2D eigenvalue weighted by Crippen LogP contribution is 2.36. The number of ether oxygens (including phenoxy) is 2. The number of carbonyl (C=O) groups excluding carboxylic acids is 2. The second kappa shape index (κ2) is 6.40. The molecule has 0 saturated carbocycles. The molecule has 26 heavy (non-hydrogen) atoms. The summed E-state index contributed by atoms with van der Waals surface area (Å²) in [5.74, 6) is 0.516. The van der Waals surface area contributed by atoms with E-state index in [1.165, 1.54) is 11.0 Å². The Hall–Kier alpha value is -3.54. The molecule has 2 aliphatic rings. The highest BCUT2D eigenvalue weighted by atomic mass is 16.7. The molecule has 0 saturated heterocycles. The number of rotatable bonds is 5. The van der Waals surface area contributed by atoms with Gasteiger partial charge < -0.3 is 14.8 Å². The number of nitrogens with one attached hydrogen (secondary N) is 1. The zero-order valence-electron chi connectivity index (χ0n) is 13.9. The minimum atomic E-state index is -0.383. The van der Waals surface area contributed by atoms with E-state index in [0.717, 1.165) is 0 Å². The highest BCUT2D eigenvalue weighted by molar-refractivity contribution is 6.36. The molecule has 0 aromatic heterocycles. The molecule has 2 aliphatic heterocycles. The lowest BCUT2D eigenvalue weighted by molar-refractivity contribution is -0.136. The van der Waals surface area contributed by atoms with Crippen LogP contribution >= 0.6 is 0 Å². The van der Waals surface area contributed by atoms with Crippen LogP contribution in [0.1, 0.15) is 5.56 Å². The molecule has 0 radical (unpaired) electrons. The van der Waals surface area contributed by atoms with E-state index in [-0.39, 0.29) is 30.8 Å². The van der Waals surface area contributed by atoms with Crippen molar-refractivity contribution in [3.63, 3.8) is 0 Å². The zero-order valence-corrected chi connectivity index (χ0v) is 13.9. The fourth-order valence-electron chi connectivity index (χ4n) is 2.98. The average molecular weight is 348 g/mol. The summed E-state index contributed by atoms with van der Waals surface area (Å²) in [5.41, 5.74) is 1.90. The number of nitrogens with zero attached hydrogens (tertiary/aromatic N) is 1. The Morgan fingerprint density at radius 1 is 1.04 bits per heavy atom. The maximum atomic E-state index is 12.8. The van der Waals surface area contributed by atoms with Crippen molar-refractivity contribution in [1.29, 1.82) is 0 Å². The first kappa shape index (κ1) is 16.0. The third kappa shape index (κ3) is 2.61. The maximum absolute atomic E-state index is 12.8. The van der Waals surface area contributed by atoms with E-state index < -0.39 is 0 Å². The van der Waals surface area contributed by atoms with E-state index in [1.54, 1.807) is 30.3 Å². The molecule has 0 fully saturated rings. The molecule has 6 nitrogen and oxygen atoms in total. The molecule has 2 aromatic rings. The van der Waals surface area contributed by atoms with E-state index in [9.17, 15) is 9.59 Å². The van der Waals surface area contributed by atoms with Crippen LogP contribution in [0.25, 0.3) is 5.57 Å². The fourth-order valence-corrected chi connectivity index (χ4v) is 2.98. The highest BCUT2D eigenvalue weighted by Gasteiger charge is 2.38. The SMILES string of the molecule is C=CCN1C(=O)C(Nc2ccc3c(c2)OCO3)=C(c2ccccc2)C1=O. The van der Waals surface area contributed by atoms with Crippen LogP contribution in [0.5, 0.6) is 11.5 Å². The van der Waals surface area contributed by atoms with Crippen molar-refractivity contribution >= 4 is 23.1 Å². The van der Waals surface area contributed by atoms with Crippen LogP contribution in [-0.4, -0.2) is 30.1 Å². The molecule has 6 heteroatoms. The van der Waals surface area contributed by atoms with Gasteiger partial charge in [-0.3, -0.25) is 14.5 Å². The van der Waals surface area contributed by atoms with Gasteiger partial charge in [-0.1, -0.05) is 36.4 Å². The minimum Gasteiger partial charge on any atom is -0.454 e. The van der Waals surface area contributed by atoms with Gasteiger partial charge in [-0.2, -0.15) is 0 Å². The van der Waals surface area contributed by atoms with E-state index in [4.69, 9.17) is 9.47 Å². The van der Waals surface area contributed by atoms with Crippen LogP contribution in [0.2, 0.25) is 0 Å². The predicted molar refractivity (Wildman–Crippen MR) is 96.5 cm³/mol. The molecule has 0 spiro atoms. The van der Waals surface area contributed by atoms with Crippen molar-refractivity contribution in [2.24, 2.45) is 0 Å². The van der Waals surface area contributed by atoms with Gasteiger partial charge in [0.05, 0.1) is 5.57 Å². The molecule has 4 rings (SSSR count). The lowest BCUT2D eigenvalue weighted by Gasteiger charge is -2.12. The van der Waals surface area contributed by atoms with Crippen LogP contribution in [0.3, 0.4) is 0 Å². The summed E-state index contributed by atoms with van der Waals surface area (Å²) in [6.07, 6.45) is 1.53. The van der Waals surface area contributed by atoms with Gasteiger partial charge in [-0.05, 0) is 17.7 Å². The van der Waals surface area contributed by atoms with Gasteiger partial charge in [0.25, 0.3) is 11.8 Å². The number of anilines is 1. The number of hydrogen-bond acceptors (Lipinski definition) is 5. The molecule has 0 aliphatic carbocycles. The Bertz CT molecular complexity index is 934. The first-order valence-electron chi connectivity index (χ1n) is 8.12. The van der Waals surface area contributed by atoms with Gasteiger partial charge in [-0.15, -0.1) is 6.58 Å². The van der Waals surface area contributed by atoms with Gasteiger partial charge in [-0.25, -0.2) is 0 Å². The van der Waals surface area contributed by atoms with Crippen LogP contribution in [-0.2, 0) is 9.59 Å². The lowest BCUT2D eigenvalue weighted by Crippen LogP contribution is -2.32. The summed E-state index contributed by atoms with van der Waals surface area (Å²) in [7, 11) is 0. The second-order valence-corrected chi connectivity index (χ2v) is 5.82. The van der Waals surface area contributed by atoms with E-state index in [0.29, 0.717) is 28.3 Å². The molecule has 0 unspecified atom stereocenters. The van der Waals surface area contributed by atoms with Crippen molar-refractivity contribution in [1.82, 2.24) is 4.90 Å². The quantitative estimate of drug-likeness (QED) is 0.665. The monoisotopic (exact) mass is 348 g/mol. The summed E-state index contributed by atoms with van der Waals surface area (Å²) in [5, 5.41) is 3.09. The number of fused-ring (bicyclic) bond motifs is 1. The molecular formula is C20H16N2O4. The average Bonchev–Trinajstić information content (AvgIpc) is 3.21. The van der Waals surface area contributed by atoms with Crippen molar-refractivity contribution in [2.75, 3.05) is 18.7 Å². The number of imide groups is 1. The van der Waals surface area contributed by atoms with Gasteiger partial charge in [0, 0.05) is 18.3 Å². The van der Waals surface area contributed by atoms with Crippen molar-refractivity contribution < 1.29 is 19.1 Å². The van der Waals surface area contributed by atoms with Gasteiger partial charge in [0.15, 0.2) is 11.5 Å². The first-order chi connectivity index (χ1) is 12.7. The third-order valence-electron chi connectivity index (χ3n) is 4.18. The van der Waals surface area contributed by atoms with Crippen molar-refractivity contribution in [2.45, 2.75) is 0 Å². The van der Waals surface area contributed by atoms with E-state index in [1.807, 2.05) is 18.2 Å². The maximum Gasteiger partial charge on any atom is 0.278 e. The molecule has 0 bridgehead atoms. The van der Waals surface area contributed by atoms with E-state index in [2.05, 4.69) is 11.9 Å². The van der Waals surface area contributed by atoms with Gasteiger partial charge in [0.2, 0.25) is 6.79 Å². The summed E-state index contributed by atoms with van der Waals surface area (Å²) >= 11 is 0. The van der Waals surface area contributed by atoms with Gasteiger partial charge >= 0.3 is 0 Å².